The maximum atomic E-state index is 12.3. The summed E-state index contributed by atoms with van der Waals surface area (Å²) in [7, 11) is 0. The van der Waals surface area contributed by atoms with Gasteiger partial charge in [-0.25, -0.2) is 0 Å². The van der Waals surface area contributed by atoms with Crippen LogP contribution in [0.3, 0.4) is 0 Å². The molecule has 0 saturated heterocycles. The molecule has 112 valence electrons. The Bertz CT molecular complexity index is 644. The number of furan rings is 1. The van der Waals surface area contributed by atoms with Crippen molar-refractivity contribution in [2.75, 3.05) is 0 Å². The van der Waals surface area contributed by atoms with Gasteiger partial charge >= 0.3 is 0 Å². The lowest BCUT2D eigenvalue weighted by molar-refractivity contribution is 0.0881. The van der Waals surface area contributed by atoms with Crippen LogP contribution in [-0.2, 0) is 5.54 Å². The summed E-state index contributed by atoms with van der Waals surface area (Å²) in [5.41, 5.74) is 1.73. The van der Waals surface area contributed by atoms with E-state index in [2.05, 4.69) is 5.32 Å². The second kappa shape index (κ2) is 5.94. The van der Waals surface area contributed by atoms with Crippen LogP contribution in [0.25, 0.3) is 0 Å². The maximum Gasteiger partial charge on any atom is 0.287 e. The van der Waals surface area contributed by atoms with Crippen molar-refractivity contribution in [3.05, 3.63) is 59.0 Å². The molecule has 1 atom stereocenters. The van der Waals surface area contributed by atoms with Gasteiger partial charge in [-0.3, -0.25) is 4.79 Å². The molecular weight excluding hydrogens is 286 g/mol. The number of aryl methyl sites for hydroxylation is 1. The first-order valence-electron chi connectivity index (χ1n) is 6.93. The van der Waals surface area contributed by atoms with Gasteiger partial charge in [0.25, 0.3) is 5.91 Å². The molecule has 4 heteroatoms. The van der Waals surface area contributed by atoms with Crippen molar-refractivity contribution < 1.29 is 9.21 Å². The third kappa shape index (κ3) is 3.48. The maximum absolute atomic E-state index is 12.3. The Balaban J connectivity index is 2.19. The summed E-state index contributed by atoms with van der Waals surface area (Å²) >= 11 is 5.95. The molecule has 1 unspecified atom stereocenters. The zero-order chi connectivity index (χ0) is 15.6. The molecular formula is C17H20ClNO2. The average molecular weight is 306 g/mol. The van der Waals surface area contributed by atoms with E-state index in [4.69, 9.17) is 16.0 Å². The highest BCUT2D eigenvalue weighted by molar-refractivity contribution is 6.20. The van der Waals surface area contributed by atoms with Crippen LogP contribution in [-0.4, -0.2) is 5.91 Å². The highest BCUT2D eigenvalue weighted by atomic mass is 35.5. The van der Waals surface area contributed by atoms with Crippen LogP contribution in [0.1, 0.15) is 53.6 Å². The van der Waals surface area contributed by atoms with Gasteiger partial charge in [0.15, 0.2) is 5.76 Å². The number of amides is 1. The monoisotopic (exact) mass is 305 g/mol. The molecule has 1 aromatic heterocycles. The minimum absolute atomic E-state index is 0.244. The van der Waals surface area contributed by atoms with E-state index in [0.29, 0.717) is 5.76 Å². The first-order chi connectivity index (χ1) is 9.81. The minimum Gasteiger partial charge on any atom is -0.454 e. The molecule has 0 fully saturated rings. The van der Waals surface area contributed by atoms with Gasteiger partial charge in [0.2, 0.25) is 0 Å². The zero-order valence-corrected chi connectivity index (χ0v) is 13.5. The Morgan fingerprint density at radius 3 is 2.48 bits per heavy atom. The largest absolute Gasteiger partial charge is 0.454 e. The predicted octanol–water partition coefficient (Wildman–Crippen LogP) is 4.55. The van der Waals surface area contributed by atoms with Gasteiger partial charge in [0, 0.05) is 0 Å². The van der Waals surface area contributed by atoms with Crippen molar-refractivity contribution in [3.8, 4) is 0 Å². The number of carbonyl (C=O) groups is 1. The van der Waals surface area contributed by atoms with Crippen molar-refractivity contribution >= 4 is 17.5 Å². The quantitative estimate of drug-likeness (QED) is 0.842. The van der Waals surface area contributed by atoms with E-state index in [1.165, 1.54) is 0 Å². The minimum atomic E-state index is -0.484. The first-order valence-corrected chi connectivity index (χ1v) is 7.37. The van der Waals surface area contributed by atoms with E-state index in [1.807, 2.05) is 45.0 Å². The smallest absolute Gasteiger partial charge is 0.287 e. The Hall–Kier alpha value is -1.74. The van der Waals surface area contributed by atoms with Gasteiger partial charge in [0.05, 0.1) is 10.9 Å². The van der Waals surface area contributed by atoms with Gasteiger partial charge in [0.1, 0.15) is 5.76 Å². The number of hydrogen-bond acceptors (Lipinski definition) is 2. The number of rotatable bonds is 4. The fourth-order valence-electron chi connectivity index (χ4n) is 2.38. The lowest BCUT2D eigenvalue weighted by atomic mass is 9.90. The van der Waals surface area contributed by atoms with Gasteiger partial charge in [-0.1, -0.05) is 24.3 Å². The van der Waals surface area contributed by atoms with E-state index in [-0.39, 0.29) is 17.0 Å². The van der Waals surface area contributed by atoms with E-state index < -0.39 is 5.54 Å². The molecule has 1 N–H and O–H groups in total. The molecule has 1 heterocycles. The molecule has 0 radical (unpaired) electrons. The molecule has 1 aromatic carbocycles. The van der Waals surface area contributed by atoms with Crippen molar-refractivity contribution in [2.45, 2.75) is 38.6 Å². The van der Waals surface area contributed by atoms with Crippen LogP contribution >= 0.6 is 11.6 Å². The molecule has 3 nitrogen and oxygen atoms in total. The van der Waals surface area contributed by atoms with Gasteiger partial charge < -0.3 is 9.73 Å². The van der Waals surface area contributed by atoms with E-state index in [9.17, 15) is 4.79 Å². The number of carbonyl (C=O) groups excluding carboxylic acids is 1. The molecule has 0 aliphatic heterocycles. The molecule has 2 aromatic rings. The van der Waals surface area contributed by atoms with E-state index in [0.717, 1.165) is 11.1 Å². The zero-order valence-electron chi connectivity index (χ0n) is 12.7. The summed E-state index contributed by atoms with van der Waals surface area (Å²) in [6.07, 6.45) is 0. The van der Waals surface area contributed by atoms with Gasteiger partial charge in [-0.2, -0.15) is 0 Å². The van der Waals surface area contributed by atoms with Crippen LogP contribution in [0.4, 0.5) is 0 Å². The molecule has 0 saturated carbocycles. The SMILES string of the molecule is Cc1ccccc1C(C)(C)NC(=O)c1ccc(C(C)Cl)o1. The Labute approximate surface area is 130 Å². The lowest BCUT2D eigenvalue weighted by Crippen LogP contribution is -2.41. The summed E-state index contributed by atoms with van der Waals surface area (Å²) in [6, 6.07) is 11.4. The second-order valence-electron chi connectivity index (χ2n) is 5.71. The predicted molar refractivity (Wildman–Crippen MR) is 84.6 cm³/mol. The number of alkyl halides is 1. The Morgan fingerprint density at radius 2 is 1.90 bits per heavy atom. The molecule has 21 heavy (non-hydrogen) atoms. The third-order valence-electron chi connectivity index (χ3n) is 3.49. The lowest BCUT2D eigenvalue weighted by Gasteiger charge is -2.28. The first kappa shape index (κ1) is 15.6. The van der Waals surface area contributed by atoms with Crippen molar-refractivity contribution in [3.63, 3.8) is 0 Å². The van der Waals surface area contributed by atoms with E-state index in [1.54, 1.807) is 19.1 Å². The highest BCUT2D eigenvalue weighted by Crippen LogP contribution is 2.25. The van der Waals surface area contributed by atoms with Crippen molar-refractivity contribution in [1.82, 2.24) is 5.32 Å². The summed E-state index contributed by atoms with van der Waals surface area (Å²) in [4.78, 5) is 12.3. The van der Waals surface area contributed by atoms with Crippen molar-refractivity contribution in [1.29, 1.82) is 0 Å². The van der Waals surface area contributed by atoms with Crippen molar-refractivity contribution in [2.24, 2.45) is 0 Å². The fourth-order valence-corrected chi connectivity index (χ4v) is 2.49. The standard InChI is InChI=1S/C17H20ClNO2/c1-11-7-5-6-8-13(11)17(3,4)19-16(20)15-10-9-14(21-15)12(2)18/h5-10,12H,1-4H3,(H,19,20). The Kier molecular flexibility index (Phi) is 4.43. The van der Waals surface area contributed by atoms with E-state index >= 15 is 0 Å². The third-order valence-corrected chi connectivity index (χ3v) is 3.70. The topological polar surface area (TPSA) is 42.2 Å². The summed E-state index contributed by atoms with van der Waals surface area (Å²) < 4.78 is 5.47. The number of hydrogen-bond donors (Lipinski definition) is 1. The molecule has 1 amide bonds. The average Bonchev–Trinajstić information content (AvgIpc) is 2.88. The summed E-state index contributed by atoms with van der Waals surface area (Å²) in [5, 5.41) is 2.75. The molecule has 0 bridgehead atoms. The normalized spacial score (nSPS) is 13.0. The van der Waals surface area contributed by atoms with Crippen LogP contribution in [0.2, 0.25) is 0 Å². The van der Waals surface area contributed by atoms with Crippen LogP contribution in [0.15, 0.2) is 40.8 Å². The Morgan fingerprint density at radius 1 is 1.24 bits per heavy atom. The highest BCUT2D eigenvalue weighted by Gasteiger charge is 2.26. The van der Waals surface area contributed by atoms with Gasteiger partial charge in [-0.05, 0) is 51.0 Å². The molecule has 2 rings (SSSR count). The molecule has 0 aliphatic carbocycles. The van der Waals surface area contributed by atoms with Gasteiger partial charge in [-0.15, -0.1) is 11.6 Å². The summed E-state index contributed by atoms with van der Waals surface area (Å²) in [6.45, 7) is 7.78. The number of benzene rings is 1. The number of halogens is 1. The van der Waals surface area contributed by atoms with Crippen LogP contribution in [0, 0.1) is 6.92 Å². The molecule has 0 aliphatic rings. The molecule has 0 spiro atoms. The second-order valence-corrected chi connectivity index (χ2v) is 6.37. The van der Waals surface area contributed by atoms with Crippen LogP contribution in [0.5, 0.6) is 0 Å². The summed E-state index contributed by atoms with van der Waals surface area (Å²) in [5.74, 6) is 0.626. The van der Waals surface area contributed by atoms with Crippen LogP contribution < -0.4 is 5.32 Å². The fraction of sp³-hybridized carbons (Fsp3) is 0.353. The number of nitrogens with one attached hydrogen (secondary N) is 1.